The smallest absolute Gasteiger partial charge is 0.150 e. The number of aromatic nitrogens is 2. The van der Waals surface area contributed by atoms with Gasteiger partial charge in [-0.3, -0.25) is 0 Å². The van der Waals surface area contributed by atoms with E-state index in [4.69, 9.17) is 14.9 Å². The highest BCUT2D eigenvalue weighted by atomic mass is 16.5. The summed E-state index contributed by atoms with van der Waals surface area (Å²) in [5.41, 5.74) is 1.28. The van der Waals surface area contributed by atoms with Crippen LogP contribution in [0.5, 0.6) is 0 Å². The fraction of sp³-hybridized carbons (Fsp3) is 0.700. The van der Waals surface area contributed by atoms with E-state index in [2.05, 4.69) is 5.10 Å². The lowest BCUT2D eigenvalue weighted by atomic mass is 10.2. The highest BCUT2D eigenvalue weighted by molar-refractivity contribution is 5.09. The van der Waals surface area contributed by atoms with Crippen LogP contribution in [-0.2, 0) is 18.0 Å². The molecule has 1 saturated heterocycles. The minimum Gasteiger partial charge on any atom is -0.390 e. The summed E-state index contributed by atoms with van der Waals surface area (Å²) in [5.74, 6) is 0. The van der Waals surface area contributed by atoms with Crippen molar-refractivity contribution in [3.8, 4) is 0 Å². The minimum absolute atomic E-state index is 0.0765. The summed E-state index contributed by atoms with van der Waals surface area (Å²) < 4.78 is 7.26. The summed E-state index contributed by atoms with van der Waals surface area (Å²) in [4.78, 5) is 0. The van der Waals surface area contributed by atoms with Gasteiger partial charge in [-0.2, -0.15) is 5.10 Å². The van der Waals surface area contributed by atoms with Crippen molar-refractivity contribution in [3.05, 3.63) is 17.5 Å². The molecule has 0 radical (unpaired) electrons. The largest absolute Gasteiger partial charge is 0.390 e. The highest BCUT2D eigenvalue weighted by Crippen LogP contribution is 2.23. The van der Waals surface area contributed by atoms with E-state index in [9.17, 15) is 0 Å². The van der Waals surface area contributed by atoms with Crippen molar-refractivity contribution in [1.82, 2.24) is 9.78 Å². The molecule has 1 aromatic rings. The summed E-state index contributed by atoms with van der Waals surface area (Å²) in [5, 5.41) is 22.3. The maximum Gasteiger partial charge on any atom is 0.150 e. The van der Waals surface area contributed by atoms with Crippen LogP contribution in [0.3, 0.4) is 0 Å². The van der Waals surface area contributed by atoms with Crippen LogP contribution >= 0.6 is 0 Å². The molecule has 0 bridgehead atoms. The summed E-state index contributed by atoms with van der Waals surface area (Å²) in [6.45, 7) is 0.559. The standard InChI is InChI=1S/C10H16N2O3/c13-6-8-5-9(7-14)12(11-8)10-3-1-2-4-15-10/h5,10,13-14H,1-4,6-7H2/t10-/m1/s1. The second kappa shape index (κ2) is 4.74. The molecule has 1 fully saturated rings. The second-order valence-corrected chi connectivity index (χ2v) is 3.71. The van der Waals surface area contributed by atoms with E-state index >= 15 is 0 Å². The van der Waals surface area contributed by atoms with Gasteiger partial charge in [-0.05, 0) is 25.3 Å². The lowest BCUT2D eigenvalue weighted by Crippen LogP contribution is -2.21. The first-order valence-electron chi connectivity index (χ1n) is 5.25. The van der Waals surface area contributed by atoms with Crippen LogP contribution in [0.4, 0.5) is 0 Å². The Morgan fingerprint density at radius 2 is 2.27 bits per heavy atom. The number of ether oxygens (including phenoxy) is 1. The van der Waals surface area contributed by atoms with E-state index in [1.165, 1.54) is 0 Å². The van der Waals surface area contributed by atoms with E-state index in [1.807, 2.05) is 0 Å². The van der Waals surface area contributed by atoms with E-state index in [-0.39, 0.29) is 19.4 Å². The van der Waals surface area contributed by atoms with Crippen LogP contribution in [0.1, 0.15) is 36.9 Å². The molecule has 0 aliphatic carbocycles. The number of nitrogens with zero attached hydrogens (tertiary/aromatic N) is 2. The molecule has 1 atom stereocenters. The predicted octanol–water partition coefficient (Wildman–Crippen LogP) is 0.567. The molecule has 0 aromatic carbocycles. The Hall–Kier alpha value is -0.910. The first kappa shape index (κ1) is 10.6. The number of aliphatic hydroxyl groups is 2. The Morgan fingerprint density at radius 1 is 1.40 bits per heavy atom. The quantitative estimate of drug-likeness (QED) is 0.768. The molecule has 2 rings (SSSR count). The molecule has 0 spiro atoms. The van der Waals surface area contributed by atoms with Crippen molar-refractivity contribution in [2.45, 2.75) is 38.7 Å². The average Bonchev–Trinajstić information content (AvgIpc) is 2.73. The van der Waals surface area contributed by atoms with Crippen LogP contribution in [-0.4, -0.2) is 26.6 Å². The number of hydrogen-bond donors (Lipinski definition) is 2. The number of hydrogen-bond acceptors (Lipinski definition) is 4. The van der Waals surface area contributed by atoms with E-state index in [0.717, 1.165) is 25.9 Å². The Morgan fingerprint density at radius 3 is 2.87 bits per heavy atom. The molecule has 5 heteroatoms. The molecular formula is C10H16N2O3. The number of rotatable bonds is 3. The van der Waals surface area contributed by atoms with Gasteiger partial charge >= 0.3 is 0 Å². The zero-order chi connectivity index (χ0) is 10.7. The average molecular weight is 212 g/mol. The van der Waals surface area contributed by atoms with Gasteiger partial charge in [0, 0.05) is 6.61 Å². The van der Waals surface area contributed by atoms with E-state index < -0.39 is 0 Å². The van der Waals surface area contributed by atoms with Crippen molar-refractivity contribution in [3.63, 3.8) is 0 Å². The fourth-order valence-electron chi connectivity index (χ4n) is 1.85. The predicted molar refractivity (Wildman–Crippen MR) is 52.9 cm³/mol. The number of aliphatic hydroxyl groups excluding tert-OH is 2. The van der Waals surface area contributed by atoms with Crippen LogP contribution in [0.15, 0.2) is 6.07 Å². The summed E-state index contributed by atoms with van der Waals surface area (Å²) in [7, 11) is 0. The van der Waals surface area contributed by atoms with Gasteiger partial charge in [-0.25, -0.2) is 4.68 Å². The van der Waals surface area contributed by atoms with Crippen molar-refractivity contribution in [1.29, 1.82) is 0 Å². The molecule has 0 unspecified atom stereocenters. The Balaban J connectivity index is 2.20. The molecule has 1 aromatic heterocycles. The van der Waals surface area contributed by atoms with Gasteiger partial charge in [-0.15, -0.1) is 0 Å². The second-order valence-electron chi connectivity index (χ2n) is 3.71. The van der Waals surface area contributed by atoms with Gasteiger partial charge in [0.25, 0.3) is 0 Å². The highest BCUT2D eigenvalue weighted by Gasteiger charge is 2.19. The first-order valence-corrected chi connectivity index (χ1v) is 5.25. The molecule has 5 nitrogen and oxygen atoms in total. The molecule has 0 amide bonds. The molecule has 1 aliphatic rings. The zero-order valence-corrected chi connectivity index (χ0v) is 8.59. The molecule has 0 saturated carbocycles. The van der Waals surface area contributed by atoms with Gasteiger partial charge in [0.15, 0.2) is 6.23 Å². The van der Waals surface area contributed by atoms with E-state index in [1.54, 1.807) is 10.7 Å². The van der Waals surface area contributed by atoms with Gasteiger partial charge in [-0.1, -0.05) is 0 Å². The molecule has 2 heterocycles. The monoisotopic (exact) mass is 212 g/mol. The third kappa shape index (κ3) is 2.19. The summed E-state index contributed by atoms with van der Waals surface area (Å²) in [6, 6.07) is 1.71. The fourth-order valence-corrected chi connectivity index (χ4v) is 1.85. The first-order chi connectivity index (χ1) is 7.35. The van der Waals surface area contributed by atoms with Gasteiger partial charge in [0.05, 0.1) is 24.6 Å². The molecule has 1 aliphatic heterocycles. The maximum absolute atomic E-state index is 9.16. The molecule has 2 N–H and O–H groups in total. The van der Waals surface area contributed by atoms with Crippen molar-refractivity contribution in [2.24, 2.45) is 0 Å². The Labute approximate surface area is 88.3 Å². The summed E-state index contributed by atoms with van der Waals surface area (Å²) >= 11 is 0. The third-order valence-corrected chi connectivity index (χ3v) is 2.62. The Bertz CT molecular complexity index is 318. The third-order valence-electron chi connectivity index (χ3n) is 2.62. The Kier molecular flexibility index (Phi) is 3.35. The molecule has 84 valence electrons. The lowest BCUT2D eigenvalue weighted by Gasteiger charge is -2.24. The maximum atomic E-state index is 9.16. The van der Waals surface area contributed by atoms with Gasteiger partial charge in [0.1, 0.15) is 0 Å². The van der Waals surface area contributed by atoms with Crippen LogP contribution < -0.4 is 0 Å². The topological polar surface area (TPSA) is 67.5 Å². The molecular weight excluding hydrogens is 196 g/mol. The zero-order valence-electron chi connectivity index (χ0n) is 8.59. The SMILES string of the molecule is OCc1cc(CO)n([C@H]2CCCCO2)n1. The van der Waals surface area contributed by atoms with Crippen molar-refractivity contribution >= 4 is 0 Å². The van der Waals surface area contributed by atoms with Gasteiger partial charge < -0.3 is 14.9 Å². The molecule has 15 heavy (non-hydrogen) atoms. The van der Waals surface area contributed by atoms with E-state index in [0.29, 0.717) is 11.4 Å². The van der Waals surface area contributed by atoms with Crippen molar-refractivity contribution < 1.29 is 14.9 Å². The normalized spacial score (nSPS) is 21.9. The van der Waals surface area contributed by atoms with Crippen LogP contribution in [0.25, 0.3) is 0 Å². The van der Waals surface area contributed by atoms with Crippen LogP contribution in [0, 0.1) is 0 Å². The summed E-state index contributed by atoms with van der Waals surface area (Å²) in [6.07, 6.45) is 3.03. The lowest BCUT2D eigenvalue weighted by molar-refractivity contribution is -0.0430. The minimum atomic E-state index is -0.104. The van der Waals surface area contributed by atoms with Gasteiger partial charge in [0.2, 0.25) is 0 Å². The van der Waals surface area contributed by atoms with Crippen LogP contribution in [0.2, 0.25) is 0 Å². The van der Waals surface area contributed by atoms with Crippen molar-refractivity contribution in [2.75, 3.05) is 6.61 Å².